The molecule has 0 aliphatic carbocycles. The van der Waals surface area contributed by atoms with Gasteiger partial charge in [0, 0.05) is 6.08 Å². The van der Waals surface area contributed by atoms with Gasteiger partial charge in [-0.15, -0.1) is 0 Å². The van der Waals surface area contributed by atoms with Gasteiger partial charge in [-0.05, 0) is 37.3 Å². The summed E-state index contributed by atoms with van der Waals surface area (Å²) in [4.78, 5) is 22.3. The lowest BCUT2D eigenvalue weighted by Crippen LogP contribution is -2.09. The Morgan fingerprint density at radius 2 is 2.14 bits per heavy atom. The summed E-state index contributed by atoms with van der Waals surface area (Å²) in [7, 11) is 1.41. The van der Waals surface area contributed by atoms with Gasteiger partial charge in [0.1, 0.15) is 23.0 Å². The number of hydrogen-bond donors (Lipinski definition) is 1. The van der Waals surface area contributed by atoms with Gasteiger partial charge in [-0.2, -0.15) is 0 Å². The van der Waals surface area contributed by atoms with Crippen LogP contribution in [-0.4, -0.2) is 17.9 Å². The largest absolute Gasteiger partial charge is 0.496 e. The second-order valence-electron chi connectivity index (χ2n) is 4.41. The van der Waals surface area contributed by atoms with Crippen LogP contribution in [0.2, 0.25) is 0 Å². The van der Waals surface area contributed by atoms with Crippen LogP contribution in [0.3, 0.4) is 0 Å². The van der Waals surface area contributed by atoms with E-state index in [4.69, 9.17) is 9.15 Å². The van der Waals surface area contributed by atoms with Crippen LogP contribution >= 0.6 is 0 Å². The number of nitrogens with one attached hydrogen (secondary N) is 1. The summed E-state index contributed by atoms with van der Waals surface area (Å²) in [5, 5.41) is 13.5. The molecule has 0 saturated heterocycles. The fourth-order valence-electron chi connectivity index (χ4n) is 1.77. The van der Waals surface area contributed by atoms with Crippen molar-refractivity contribution in [1.29, 1.82) is 0 Å². The molecular weight excluding hydrogens is 288 g/mol. The summed E-state index contributed by atoms with van der Waals surface area (Å²) in [5.74, 6) is 1.09. The van der Waals surface area contributed by atoms with Crippen molar-refractivity contribution < 1.29 is 18.9 Å². The van der Waals surface area contributed by atoms with E-state index in [1.807, 2.05) is 0 Å². The Kier molecular flexibility index (Phi) is 4.57. The van der Waals surface area contributed by atoms with Crippen LogP contribution in [0.1, 0.15) is 11.5 Å². The maximum absolute atomic E-state index is 11.8. The average Bonchev–Trinajstić information content (AvgIpc) is 2.91. The molecule has 7 nitrogen and oxygen atoms in total. The van der Waals surface area contributed by atoms with E-state index in [1.165, 1.54) is 37.5 Å². The van der Waals surface area contributed by atoms with Gasteiger partial charge in [0.15, 0.2) is 0 Å². The number of rotatable bonds is 5. The third-order valence-electron chi connectivity index (χ3n) is 2.82. The summed E-state index contributed by atoms with van der Waals surface area (Å²) >= 11 is 0. The van der Waals surface area contributed by atoms with E-state index in [0.717, 1.165) is 5.76 Å². The monoisotopic (exact) mass is 302 g/mol. The highest BCUT2D eigenvalue weighted by molar-refractivity contribution is 6.03. The quantitative estimate of drug-likeness (QED) is 0.520. The predicted octanol–water partition coefficient (Wildman–Crippen LogP) is 3.16. The van der Waals surface area contributed by atoms with Gasteiger partial charge in [0.25, 0.3) is 5.69 Å². The Morgan fingerprint density at radius 3 is 2.73 bits per heavy atom. The molecule has 0 unspecified atom stereocenters. The standard InChI is InChI=1S/C15H14N2O5/c1-10-3-4-11(22-10)6-8-15(18)16-13-7-5-12(21-2)9-14(13)17(19)20/h3-9H,1-2H3,(H,16,18)/b8-6+. The minimum atomic E-state index is -0.586. The normalized spacial score (nSPS) is 10.6. The smallest absolute Gasteiger partial charge is 0.296 e. The molecule has 0 aliphatic heterocycles. The predicted molar refractivity (Wildman–Crippen MR) is 80.8 cm³/mol. The molecule has 22 heavy (non-hydrogen) atoms. The minimum Gasteiger partial charge on any atom is -0.496 e. The molecule has 0 spiro atoms. The van der Waals surface area contributed by atoms with Gasteiger partial charge in [-0.3, -0.25) is 14.9 Å². The summed E-state index contributed by atoms with van der Waals surface area (Å²) < 4.78 is 10.2. The Labute approximate surface area is 126 Å². The highest BCUT2D eigenvalue weighted by atomic mass is 16.6. The number of ether oxygens (including phenoxy) is 1. The van der Waals surface area contributed by atoms with Crippen molar-refractivity contribution in [3.8, 4) is 5.75 Å². The zero-order valence-corrected chi connectivity index (χ0v) is 12.0. The van der Waals surface area contributed by atoms with E-state index < -0.39 is 10.8 Å². The van der Waals surface area contributed by atoms with E-state index in [1.54, 1.807) is 19.1 Å². The maximum Gasteiger partial charge on any atom is 0.296 e. The molecular formula is C15H14N2O5. The molecule has 0 radical (unpaired) electrons. The van der Waals surface area contributed by atoms with Crippen LogP contribution in [0.5, 0.6) is 5.75 Å². The number of anilines is 1. The molecule has 2 rings (SSSR count). The van der Waals surface area contributed by atoms with Crippen molar-refractivity contribution in [3.05, 3.63) is 58.0 Å². The van der Waals surface area contributed by atoms with Gasteiger partial charge in [-0.1, -0.05) is 0 Å². The molecule has 7 heteroatoms. The van der Waals surface area contributed by atoms with E-state index in [0.29, 0.717) is 11.5 Å². The number of nitro groups is 1. The Bertz CT molecular complexity index is 733. The first-order valence-electron chi connectivity index (χ1n) is 6.37. The van der Waals surface area contributed by atoms with Gasteiger partial charge < -0.3 is 14.5 Å². The lowest BCUT2D eigenvalue weighted by molar-refractivity contribution is -0.384. The van der Waals surface area contributed by atoms with Crippen LogP contribution in [-0.2, 0) is 4.79 Å². The Hall–Kier alpha value is -3.09. The first-order chi connectivity index (χ1) is 10.5. The molecule has 0 fully saturated rings. The Balaban J connectivity index is 2.14. The molecule has 0 atom stereocenters. The van der Waals surface area contributed by atoms with Crippen molar-refractivity contribution >= 4 is 23.4 Å². The Morgan fingerprint density at radius 1 is 1.36 bits per heavy atom. The van der Waals surface area contributed by atoms with Crippen molar-refractivity contribution in [1.82, 2.24) is 0 Å². The highest BCUT2D eigenvalue weighted by Crippen LogP contribution is 2.28. The number of furan rings is 1. The van der Waals surface area contributed by atoms with Crippen LogP contribution < -0.4 is 10.1 Å². The van der Waals surface area contributed by atoms with E-state index in [9.17, 15) is 14.9 Å². The molecule has 2 aromatic rings. The van der Waals surface area contributed by atoms with Crippen LogP contribution in [0, 0.1) is 17.0 Å². The molecule has 0 bridgehead atoms. The summed E-state index contributed by atoms with van der Waals surface area (Å²) in [6, 6.07) is 7.68. The van der Waals surface area contributed by atoms with Gasteiger partial charge >= 0.3 is 0 Å². The second-order valence-corrected chi connectivity index (χ2v) is 4.41. The third kappa shape index (κ3) is 3.72. The van der Waals surface area contributed by atoms with Crippen LogP contribution in [0.25, 0.3) is 6.08 Å². The second kappa shape index (κ2) is 6.57. The topological polar surface area (TPSA) is 94.6 Å². The maximum atomic E-state index is 11.8. The molecule has 114 valence electrons. The number of carbonyl (C=O) groups excluding carboxylic acids is 1. The van der Waals surface area contributed by atoms with E-state index in [2.05, 4.69) is 5.32 Å². The third-order valence-corrected chi connectivity index (χ3v) is 2.82. The van der Waals surface area contributed by atoms with Gasteiger partial charge in [0.05, 0.1) is 18.1 Å². The lowest BCUT2D eigenvalue weighted by Gasteiger charge is -2.05. The number of aryl methyl sites for hydroxylation is 1. The molecule has 1 aromatic heterocycles. The van der Waals surface area contributed by atoms with Crippen LogP contribution in [0.15, 0.2) is 40.8 Å². The van der Waals surface area contributed by atoms with Crippen molar-refractivity contribution in [3.63, 3.8) is 0 Å². The van der Waals surface area contributed by atoms with E-state index in [-0.39, 0.29) is 11.4 Å². The molecule has 1 N–H and O–H groups in total. The van der Waals surface area contributed by atoms with Crippen LogP contribution in [0.4, 0.5) is 11.4 Å². The average molecular weight is 302 g/mol. The zero-order chi connectivity index (χ0) is 16.1. The first-order valence-corrected chi connectivity index (χ1v) is 6.37. The fraction of sp³-hybridized carbons (Fsp3) is 0.133. The number of hydrogen-bond acceptors (Lipinski definition) is 5. The lowest BCUT2D eigenvalue weighted by atomic mass is 10.2. The van der Waals surface area contributed by atoms with Crippen molar-refractivity contribution in [2.45, 2.75) is 6.92 Å². The summed E-state index contributed by atoms with van der Waals surface area (Å²) in [6.45, 7) is 1.79. The number of benzene rings is 1. The molecule has 1 heterocycles. The fourth-order valence-corrected chi connectivity index (χ4v) is 1.77. The minimum absolute atomic E-state index is 0.0936. The summed E-state index contributed by atoms with van der Waals surface area (Å²) in [6.07, 6.45) is 2.73. The number of carbonyl (C=O) groups is 1. The molecule has 0 saturated carbocycles. The van der Waals surface area contributed by atoms with E-state index >= 15 is 0 Å². The molecule has 1 amide bonds. The number of amides is 1. The number of methoxy groups -OCH3 is 1. The number of nitrogens with zero attached hydrogens (tertiary/aromatic N) is 1. The first kappa shape index (κ1) is 15.3. The van der Waals surface area contributed by atoms with Crippen molar-refractivity contribution in [2.24, 2.45) is 0 Å². The van der Waals surface area contributed by atoms with Crippen molar-refractivity contribution in [2.75, 3.05) is 12.4 Å². The molecule has 0 aliphatic rings. The highest BCUT2D eigenvalue weighted by Gasteiger charge is 2.16. The summed E-state index contributed by atoms with van der Waals surface area (Å²) in [5.41, 5.74) is -0.147. The molecule has 1 aromatic carbocycles. The SMILES string of the molecule is COc1ccc(NC(=O)/C=C/c2ccc(C)o2)c([N+](=O)[O-])c1. The zero-order valence-electron chi connectivity index (χ0n) is 12.0. The van der Waals surface area contributed by atoms with Gasteiger partial charge in [-0.25, -0.2) is 0 Å². The van der Waals surface area contributed by atoms with Gasteiger partial charge in [0.2, 0.25) is 5.91 Å². The number of nitro benzene ring substituents is 1.